The smallest absolute Gasteiger partial charge is 0.306 e. The number of allylic oxidation sites excluding steroid dienone is 3. The standard InChI is InChI=1S/C9H14O2/c1-3-5-6-7-8-9(10)11-4-2/h3,5-6H,1,4,7-8H2,2H3. The Balaban J connectivity index is 3.30. The largest absolute Gasteiger partial charge is 0.466 e. The van der Waals surface area contributed by atoms with Gasteiger partial charge in [-0.15, -0.1) is 0 Å². The summed E-state index contributed by atoms with van der Waals surface area (Å²) in [6, 6.07) is 0. The molecule has 0 bridgehead atoms. The average molecular weight is 154 g/mol. The Bertz CT molecular complexity index is 148. The molecule has 11 heavy (non-hydrogen) atoms. The van der Waals surface area contributed by atoms with Gasteiger partial charge in [-0.3, -0.25) is 4.79 Å². The molecular formula is C9H14O2. The summed E-state index contributed by atoms with van der Waals surface area (Å²) in [6.07, 6.45) is 6.58. The summed E-state index contributed by atoms with van der Waals surface area (Å²) in [5.74, 6) is -0.138. The third-order valence-electron chi connectivity index (χ3n) is 1.09. The van der Waals surface area contributed by atoms with Gasteiger partial charge in [-0.1, -0.05) is 24.8 Å². The normalized spacial score (nSPS) is 9.91. The second-order valence-corrected chi connectivity index (χ2v) is 2.01. The summed E-state index contributed by atoms with van der Waals surface area (Å²) in [7, 11) is 0. The molecule has 0 aliphatic heterocycles. The van der Waals surface area contributed by atoms with E-state index in [-0.39, 0.29) is 5.97 Å². The molecular weight excluding hydrogens is 140 g/mol. The van der Waals surface area contributed by atoms with E-state index in [0.29, 0.717) is 13.0 Å². The second kappa shape index (κ2) is 7.06. The van der Waals surface area contributed by atoms with Crippen LogP contribution in [-0.2, 0) is 9.53 Å². The summed E-state index contributed by atoms with van der Waals surface area (Å²) in [4.78, 5) is 10.7. The van der Waals surface area contributed by atoms with Gasteiger partial charge in [-0.05, 0) is 13.3 Å². The van der Waals surface area contributed by atoms with Gasteiger partial charge in [0.05, 0.1) is 6.61 Å². The third-order valence-corrected chi connectivity index (χ3v) is 1.09. The molecule has 0 aliphatic carbocycles. The van der Waals surface area contributed by atoms with Crippen molar-refractivity contribution in [1.82, 2.24) is 0 Å². The zero-order valence-corrected chi connectivity index (χ0v) is 6.88. The molecule has 0 aromatic carbocycles. The first-order chi connectivity index (χ1) is 5.31. The van der Waals surface area contributed by atoms with E-state index in [9.17, 15) is 4.79 Å². The lowest BCUT2D eigenvalue weighted by atomic mass is 10.3. The number of carbonyl (C=O) groups excluding carboxylic acids is 1. The van der Waals surface area contributed by atoms with Crippen molar-refractivity contribution in [3.63, 3.8) is 0 Å². The minimum absolute atomic E-state index is 0.138. The molecule has 0 aromatic rings. The summed E-state index contributed by atoms with van der Waals surface area (Å²) >= 11 is 0. The first kappa shape index (κ1) is 9.95. The molecule has 0 amide bonds. The zero-order valence-electron chi connectivity index (χ0n) is 6.88. The lowest BCUT2D eigenvalue weighted by molar-refractivity contribution is -0.142. The minimum Gasteiger partial charge on any atom is -0.466 e. The molecule has 0 aromatic heterocycles. The van der Waals surface area contributed by atoms with E-state index in [2.05, 4.69) is 6.58 Å². The SMILES string of the molecule is C=CC=CCCC(=O)OCC. The van der Waals surface area contributed by atoms with Gasteiger partial charge in [0, 0.05) is 6.42 Å². The maximum Gasteiger partial charge on any atom is 0.306 e. The van der Waals surface area contributed by atoms with E-state index in [0.717, 1.165) is 6.42 Å². The maximum absolute atomic E-state index is 10.7. The monoisotopic (exact) mass is 154 g/mol. The van der Waals surface area contributed by atoms with Crippen molar-refractivity contribution in [2.45, 2.75) is 19.8 Å². The highest BCUT2D eigenvalue weighted by Crippen LogP contribution is 1.93. The van der Waals surface area contributed by atoms with Crippen LogP contribution in [0.5, 0.6) is 0 Å². The molecule has 0 radical (unpaired) electrons. The first-order valence-corrected chi connectivity index (χ1v) is 3.74. The van der Waals surface area contributed by atoms with E-state index in [4.69, 9.17) is 4.74 Å². The van der Waals surface area contributed by atoms with Gasteiger partial charge in [0.1, 0.15) is 0 Å². The highest BCUT2D eigenvalue weighted by molar-refractivity contribution is 5.69. The molecule has 0 rings (SSSR count). The van der Waals surface area contributed by atoms with Crippen LogP contribution in [0.4, 0.5) is 0 Å². The molecule has 0 aliphatic rings. The van der Waals surface area contributed by atoms with Gasteiger partial charge in [-0.2, -0.15) is 0 Å². The Morgan fingerprint density at radius 2 is 2.36 bits per heavy atom. The number of hydrogen-bond donors (Lipinski definition) is 0. The molecule has 0 N–H and O–H groups in total. The number of ether oxygens (including phenoxy) is 1. The second-order valence-electron chi connectivity index (χ2n) is 2.01. The van der Waals surface area contributed by atoms with Crippen LogP contribution in [0.2, 0.25) is 0 Å². The maximum atomic E-state index is 10.7. The fourth-order valence-electron chi connectivity index (χ4n) is 0.627. The molecule has 0 heterocycles. The fraction of sp³-hybridized carbons (Fsp3) is 0.444. The van der Waals surface area contributed by atoms with Gasteiger partial charge in [0.15, 0.2) is 0 Å². The molecule has 0 spiro atoms. The molecule has 62 valence electrons. The van der Waals surface area contributed by atoms with Crippen molar-refractivity contribution in [1.29, 1.82) is 0 Å². The van der Waals surface area contributed by atoms with Crippen LogP contribution in [0, 0.1) is 0 Å². The number of carbonyl (C=O) groups is 1. The third kappa shape index (κ3) is 6.84. The highest BCUT2D eigenvalue weighted by atomic mass is 16.5. The van der Waals surface area contributed by atoms with Crippen molar-refractivity contribution in [3.05, 3.63) is 24.8 Å². The van der Waals surface area contributed by atoms with Crippen molar-refractivity contribution < 1.29 is 9.53 Å². The lowest BCUT2D eigenvalue weighted by Crippen LogP contribution is -2.02. The van der Waals surface area contributed by atoms with E-state index < -0.39 is 0 Å². The van der Waals surface area contributed by atoms with Gasteiger partial charge >= 0.3 is 5.97 Å². The quantitative estimate of drug-likeness (QED) is 0.447. The van der Waals surface area contributed by atoms with Crippen molar-refractivity contribution in [2.75, 3.05) is 6.61 Å². The van der Waals surface area contributed by atoms with Gasteiger partial charge < -0.3 is 4.74 Å². The Labute approximate surface area is 67.6 Å². The van der Waals surface area contributed by atoms with Crippen molar-refractivity contribution >= 4 is 5.97 Å². The van der Waals surface area contributed by atoms with Crippen LogP contribution in [0.15, 0.2) is 24.8 Å². The Kier molecular flexibility index (Phi) is 6.39. The zero-order chi connectivity index (χ0) is 8.53. The topological polar surface area (TPSA) is 26.3 Å². The first-order valence-electron chi connectivity index (χ1n) is 3.74. The fourth-order valence-corrected chi connectivity index (χ4v) is 0.627. The molecule has 0 saturated carbocycles. The molecule has 0 fully saturated rings. The Morgan fingerprint density at radius 3 is 2.91 bits per heavy atom. The van der Waals surface area contributed by atoms with E-state index in [1.165, 1.54) is 0 Å². The van der Waals surface area contributed by atoms with Crippen LogP contribution in [-0.4, -0.2) is 12.6 Å². The summed E-state index contributed by atoms with van der Waals surface area (Å²) in [5.41, 5.74) is 0. The van der Waals surface area contributed by atoms with E-state index in [1.807, 2.05) is 12.2 Å². The summed E-state index contributed by atoms with van der Waals surface area (Å²) in [5, 5.41) is 0. The van der Waals surface area contributed by atoms with Crippen LogP contribution in [0.25, 0.3) is 0 Å². The molecule has 0 saturated heterocycles. The predicted octanol–water partition coefficient (Wildman–Crippen LogP) is 2.07. The van der Waals surface area contributed by atoms with Gasteiger partial charge in [0.25, 0.3) is 0 Å². The van der Waals surface area contributed by atoms with Crippen LogP contribution >= 0.6 is 0 Å². The number of rotatable bonds is 5. The molecule has 2 heteroatoms. The average Bonchev–Trinajstić information content (AvgIpc) is 1.99. The molecule has 0 atom stereocenters. The van der Waals surface area contributed by atoms with Crippen molar-refractivity contribution in [2.24, 2.45) is 0 Å². The highest BCUT2D eigenvalue weighted by Gasteiger charge is 1.96. The Hall–Kier alpha value is -1.05. The number of hydrogen-bond acceptors (Lipinski definition) is 2. The van der Waals surface area contributed by atoms with Crippen molar-refractivity contribution in [3.8, 4) is 0 Å². The van der Waals surface area contributed by atoms with Gasteiger partial charge in [0.2, 0.25) is 0 Å². The predicted molar refractivity (Wildman–Crippen MR) is 45.2 cm³/mol. The minimum atomic E-state index is -0.138. The van der Waals surface area contributed by atoms with Crippen LogP contribution in [0.3, 0.4) is 0 Å². The summed E-state index contributed by atoms with van der Waals surface area (Å²) in [6.45, 7) is 5.78. The number of esters is 1. The van der Waals surface area contributed by atoms with Gasteiger partial charge in [-0.25, -0.2) is 0 Å². The molecule has 0 unspecified atom stereocenters. The summed E-state index contributed by atoms with van der Waals surface area (Å²) < 4.78 is 4.72. The van der Waals surface area contributed by atoms with E-state index >= 15 is 0 Å². The van der Waals surface area contributed by atoms with E-state index in [1.54, 1.807) is 13.0 Å². The molecule has 2 nitrogen and oxygen atoms in total. The van der Waals surface area contributed by atoms with Crippen LogP contribution < -0.4 is 0 Å². The lowest BCUT2D eigenvalue weighted by Gasteiger charge is -1.97. The Morgan fingerprint density at radius 1 is 1.64 bits per heavy atom. The van der Waals surface area contributed by atoms with Crippen LogP contribution in [0.1, 0.15) is 19.8 Å².